The topological polar surface area (TPSA) is 45.2 Å². The molecule has 0 radical (unpaired) electrons. The van der Waals surface area contributed by atoms with E-state index in [-0.39, 0.29) is 5.91 Å². The van der Waals surface area contributed by atoms with Crippen molar-refractivity contribution in [1.29, 1.82) is 0 Å². The summed E-state index contributed by atoms with van der Waals surface area (Å²) in [5.74, 6) is 1.27. The van der Waals surface area contributed by atoms with Crippen LogP contribution in [0.5, 0.6) is 0 Å². The number of halogens is 1. The van der Waals surface area contributed by atoms with Gasteiger partial charge < -0.3 is 10.2 Å². The molecule has 1 saturated carbocycles. The van der Waals surface area contributed by atoms with Crippen molar-refractivity contribution >= 4 is 23.3 Å². The second-order valence-electron chi connectivity index (χ2n) is 4.78. The number of hydrogen-bond acceptors (Lipinski definition) is 3. The summed E-state index contributed by atoms with van der Waals surface area (Å²) in [5, 5.41) is 3.31. The highest BCUT2D eigenvalue weighted by molar-refractivity contribution is 6.33. The van der Waals surface area contributed by atoms with Crippen LogP contribution in [0.15, 0.2) is 12.3 Å². The van der Waals surface area contributed by atoms with Crippen molar-refractivity contribution in [2.45, 2.75) is 19.3 Å². The first-order valence-corrected chi connectivity index (χ1v) is 6.58. The molecule has 0 bridgehead atoms. The zero-order chi connectivity index (χ0) is 13.1. The molecule has 2 rings (SSSR count). The molecule has 1 N–H and O–H groups in total. The molecule has 0 aliphatic heterocycles. The van der Waals surface area contributed by atoms with Crippen LogP contribution >= 0.6 is 11.6 Å². The summed E-state index contributed by atoms with van der Waals surface area (Å²) >= 11 is 6.04. The van der Waals surface area contributed by atoms with E-state index in [1.54, 1.807) is 18.0 Å². The molecular weight excluding hydrogens is 250 g/mol. The molecule has 1 heterocycles. The number of carbonyl (C=O) groups is 1. The third kappa shape index (κ3) is 2.75. The van der Waals surface area contributed by atoms with Gasteiger partial charge in [0.15, 0.2) is 0 Å². The van der Waals surface area contributed by atoms with Gasteiger partial charge in [0.2, 0.25) is 0 Å². The summed E-state index contributed by atoms with van der Waals surface area (Å²) in [6.07, 6.45) is 5.25. The van der Waals surface area contributed by atoms with Crippen LogP contribution < -0.4 is 5.32 Å². The van der Waals surface area contributed by atoms with Gasteiger partial charge in [-0.25, -0.2) is 4.98 Å². The minimum absolute atomic E-state index is 0.0363. The molecule has 0 unspecified atom stereocenters. The predicted molar refractivity (Wildman–Crippen MR) is 73.1 cm³/mol. The van der Waals surface area contributed by atoms with E-state index in [1.165, 1.54) is 25.5 Å². The summed E-state index contributed by atoms with van der Waals surface area (Å²) in [4.78, 5) is 18.1. The van der Waals surface area contributed by atoms with Gasteiger partial charge in [-0.2, -0.15) is 0 Å². The van der Waals surface area contributed by atoms with Gasteiger partial charge in [-0.05, 0) is 24.8 Å². The van der Waals surface area contributed by atoms with Crippen LogP contribution in [0.4, 0.5) is 5.82 Å². The van der Waals surface area contributed by atoms with Crippen molar-refractivity contribution in [2.24, 2.45) is 5.92 Å². The van der Waals surface area contributed by atoms with Gasteiger partial charge in [0.05, 0.1) is 10.6 Å². The van der Waals surface area contributed by atoms with Gasteiger partial charge in [0.25, 0.3) is 5.91 Å². The van der Waals surface area contributed by atoms with Crippen LogP contribution in [0.1, 0.15) is 29.6 Å². The first-order valence-electron chi connectivity index (χ1n) is 6.20. The van der Waals surface area contributed by atoms with E-state index in [0.29, 0.717) is 22.3 Å². The first-order chi connectivity index (χ1) is 8.61. The third-order valence-corrected chi connectivity index (χ3v) is 3.75. The van der Waals surface area contributed by atoms with Gasteiger partial charge in [-0.15, -0.1) is 0 Å². The molecule has 1 aromatic rings. The molecule has 1 aromatic heterocycles. The van der Waals surface area contributed by atoms with Crippen molar-refractivity contribution in [1.82, 2.24) is 9.88 Å². The Balaban J connectivity index is 2.11. The van der Waals surface area contributed by atoms with Crippen LogP contribution in [0, 0.1) is 5.92 Å². The number of amides is 1. The van der Waals surface area contributed by atoms with E-state index in [1.807, 2.05) is 7.05 Å². The highest BCUT2D eigenvalue weighted by Crippen LogP contribution is 2.27. The van der Waals surface area contributed by atoms with Crippen molar-refractivity contribution in [2.75, 3.05) is 26.0 Å². The van der Waals surface area contributed by atoms with E-state index in [0.717, 1.165) is 6.54 Å². The van der Waals surface area contributed by atoms with Crippen molar-refractivity contribution in [3.8, 4) is 0 Å². The lowest BCUT2D eigenvalue weighted by molar-refractivity contribution is 0.0745. The maximum absolute atomic E-state index is 12.3. The summed E-state index contributed by atoms with van der Waals surface area (Å²) < 4.78 is 0. The number of nitrogens with one attached hydrogen (secondary N) is 1. The number of hydrogen-bond donors (Lipinski definition) is 1. The number of nitrogens with zero attached hydrogens (tertiary/aromatic N) is 2. The van der Waals surface area contributed by atoms with Crippen molar-refractivity contribution < 1.29 is 4.79 Å². The number of anilines is 1. The van der Waals surface area contributed by atoms with Gasteiger partial charge in [0, 0.05) is 26.8 Å². The average molecular weight is 268 g/mol. The predicted octanol–water partition coefficient (Wildman–Crippen LogP) is 2.65. The lowest BCUT2D eigenvalue weighted by atomic mass is 9.85. The van der Waals surface area contributed by atoms with E-state index < -0.39 is 0 Å². The zero-order valence-corrected chi connectivity index (χ0v) is 11.5. The van der Waals surface area contributed by atoms with E-state index in [4.69, 9.17) is 11.6 Å². The fourth-order valence-corrected chi connectivity index (χ4v) is 2.27. The highest BCUT2D eigenvalue weighted by atomic mass is 35.5. The summed E-state index contributed by atoms with van der Waals surface area (Å²) in [7, 11) is 3.60. The molecule has 1 fully saturated rings. The molecule has 0 atom stereocenters. The number of rotatable bonds is 4. The third-order valence-electron chi connectivity index (χ3n) is 3.45. The summed E-state index contributed by atoms with van der Waals surface area (Å²) in [6, 6.07) is 1.70. The fourth-order valence-electron chi connectivity index (χ4n) is 2.09. The maximum Gasteiger partial charge on any atom is 0.255 e. The molecule has 5 heteroatoms. The van der Waals surface area contributed by atoms with E-state index >= 15 is 0 Å². The molecule has 18 heavy (non-hydrogen) atoms. The minimum Gasteiger partial charge on any atom is -0.373 e. The van der Waals surface area contributed by atoms with Crippen LogP contribution in [0.2, 0.25) is 5.02 Å². The fraction of sp³-hybridized carbons (Fsp3) is 0.538. The van der Waals surface area contributed by atoms with Gasteiger partial charge >= 0.3 is 0 Å². The lowest BCUT2D eigenvalue weighted by Crippen LogP contribution is -2.34. The van der Waals surface area contributed by atoms with Crippen LogP contribution in [-0.2, 0) is 0 Å². The molecule has 0 saturated heterocycles. The average Bonchev–Trinajstić information content (AvgIpc) is 2.33. The normalized spacial score (nSPS) is 15.1. The largest absolute Gasteiger partial charge is 0.373 e. The van der Waals surface area contributed by atoms with Crippen molar-refractivity contribution in [3.63, 3.8) is 0 Å². The quantitative estimate of drug-likeness (QED) is 0.912. The summed E-state index contributed by atoms with van der Waals surface area (Å²) in [6.45, 7) is 0.812. The standard InChI is InChI=1S/C13H18ClN3O/c1-15-12-6-10(11(14)7-16-12)13(18)17(2)8-9-4-3-5-9/h6-7,9H,3-5,8H2,1-2H3,(H,15,16). The Labute approximate surface area is 112 Å². The molecule has 4 nitrogen and oxygen atoms in total. The molecule has 1 aliphatic rings. The zero-order valence-electron chi connectivity index (χ0n) is 10.7. The Morgan fingerprint density at radius 3 is 2.89 bits per heavy atom. The van der Waals surface area contributed by atoms with Gasteiger partial charge in [-0.1, -0.05) is 18.0 Å². The van der Waals surface area contributed by atoms with Crippen molar-refractivity contribution in [3.05, 3.63) is 22.8 Å². The van der Waals surface area contributed by atoms with Crippen LogP contribution in [0.3, 0.4) is 0 Å². The lowest BCUT2D eigenvalue weighted by Gasteiger charge is -2.30. The monoisotopic (exact) mass is 267 g/mol. The molecule has 0 spiro atoms. The number of aromatic nitrogens is 1. The molecule has 0 aromatic carbocycles. The van der Waals surface area contributed by atoms with E-state index in [2.05, 4.69) is 10.3 Å². The Kier molecular flexibility index (Phi) is 4.07. The van der Waals surface area contributed by atoms with Crippen LogP contribution in [-0.4, -0.2) is 36.4 Å². The minimum atomic E-state index is -0.0363. The molecule has 1 amide bonds. The Morgan fingerprint density at radius 2 is 2.33 bits per heavy atom. The second-order valence-corrected chi connectivity index (χ2v) is 5.19. The van der Waals surface area contributed by atoms with E-state index in [9.17, 15) is 4.79 Å². The Morgan fingerprint density at radius 1 is 1.61 bits per heavy atom. The second kappa shape index (κ2) is 5.57. The van der Waals surface area contributed by atoms with Gasteiger partial charge in [-0.3, -0.25) is 4.79 Å². The SMILES string of the molecule is CNc1cc(C(=O)N(C)CC2CCC2)c(Cl)cn1. The maximum atomic E-state index is 12.3. The van der Waals surface area contributed by atoms with Gasteiger partial charge in [0.1, 0.15) is 5.82 Å². The summed E-state index contributed by atoms with van der Waals surface area (Å²) in [5.41, 5.74) is 0.512. The van der Waals surface area contributed by atoms with Crippen LogP contribution in [0.25, 0.3) is 0 Å². The number of carbonyl (C=O) groups excluding carboxylic acids is 1. The Hall–Kier alpha value is -1.29. The molecular formula is C13H18ClN3O. The molecule has 98 valence electrons. The first kappa shape index (κ1) is 13.1. The number of pyridine rings is 1. The smallest absolute Gasteiger partial charge is 0.255 e. The Bertz CT molecular complexity index is 446. The highest BCUT2D eigenvalue weighted by Gasteiger charge is 2.23. The molecule has 1 aliphatic carbocycles.